The van der Waals surface area contributed by atoms with E-state index in [-0.39, 0.29) is 18.0 Å². The topological polar surface area (TPSA) is 97.8 Å². The van der Waals surface area contributed by atoms with Crippen LogP contribution in [-0.4, -0.2) is 58.3 Å². The number of hydrogen-bond acceptors (Lipinski definition) is 6. The summed E-state index contributed by atoms with van der Waals surface area (Å²) in [5, 5.41) is -0.420. The minimum Gasteiger partial charge on any atom is -0.468 e. The summed E-state index contributed by atoms with van der Waals surface area (Å²) < 4.78 is 53.6. The third-order valence-electron chi connectivity index (χ3n) is 3.32. The summed E-state index contributed by atoms with van der Waals surface area (Å²) in [4.78, 5) is 11.1. The number of halogens is 1. The van der Waals surface area contributed by atoms with Crippen LogP contribution in [0, 0.1) is 0 Å². The van der Waals surface area contributed by atoms with Crippen LogP contribution in [0.5, 0.6) is 0 Å². The van der Waals surface area contributed by atoms with Gasteiger partial charge in [0.15, 0.2) is 15.6 Å². The Bertz CT molecular complexity index is 766. The van der Waals surface area contributed by atoms with Crippen LogP contribution in [0.3, 0.4) is 0 Å². The molecule has 0 amide bonds. The van der Waals surface area contributed by atoms with Crippen LogP contribution in [0.4, 0.5) is 0 Å². The van der Waals surface area contributed by atoms with E-state index < -0.39 is 36.8 Å². The van der Waals surface area contributed by atoms with Crippen molar-refractivity contribution < 1.29 is 26.4 Å². The van der Waals surface area contributed by atoms with Crippen molar-refractivity contribution in [2.75, 3.05) is 26.0 Å². The van der Waals surface area contributed by atoms with Gasteiger partial charge in [-0.25, -0.2) is 16.8 Å². The number of hydrogen-bond donors (Lipinski definition) is 0. The fourth-order valence-corrected chi connectivity index (χ4v) is 5.32. The number of carbonyl (C=O) groups excluding carboxylic acids is 1. The lowest BCUT2D eigenvalue weighted by molar-refractivity contribution is -0.137. The number of methoxy groups -OCH3 is 1. The highest BCUT2D eigenvalue weighted by Gasteiger charge is 2.44. The van der Waals surface area contributed by atoms with Gasteiger partial charge in [0.1, 0.15) is 0 Å². The Morgan fingerprint density at radius 3 is 2.27 bits per heavy atom. The van der Waals surface area contributed by atoms with E-state index in [4.69, 9.17) is 11.6 Å². The van der Waals surface area contributed by atoms with E-state index >= 15 is 0 Å². The fourth-order valence-electron chi connectivity index (χ4n) is 1.94. The van der Waals surface area contributed by atoms with Crippen LogP contribution in [0.2, 0.25) is 5.02 Å². The van der Waals surface area contributed by atoms with Crippen molar-refractivity contribution in [3.8, 4) is 0 Å². The van der Waals surface area contributed by atoms with E-state index in [1.165, 1.54) is 24.3 Å². The Balaban J connectivity index is 2.07. The Morgan fingerprint density at radius 2 is 1.77 bits per heavy atom. The lowest BCUT2D eigenvalue weighted by Gasteiger charge is -2.37. The standard InChI is InChI=1S/C12H14ClNO6S2/c1-20-12(15)8-21(16,17)14-6-11(7-14)22(18,19)10-4-2-9(13)3-5-10/h2-5,11H,6-8H2,1H3. The van der Waals surface area contributed by atoms with E-state index in [1.54, 1.807) is 0 Å². The quantitative estimate of drug-likeness (QED) is 0.694. The summed E-state index contributed by atoms with van der Waals surface area (Å²) in [5.41, 5.74) is 0. The molecule has 1 aliphatic rings. The van der Waals surface area contributed by atoms with Crippen LogP contribution in [0.15, 0.2) is 29.2 Å². The van der Waals surface area contributed by atoms with E-state index in [9.17, 15) is 21.6 Å². The van der Waals surface area contributed by atoms with Crippen LogP contribution >= 0.6 is 11.6 Å². The molecule has 0 saturated carbocycles. The van der Waals surface area contributed by atoms with E-state index in [0.29, 0.717) is 5.02 Å². The molecule has 1 aromatic rings. The van der Waals surface area contributed by atoms with Gasteiger partial charge in [0.05, 0.1) is 17.3 Å². The number of nitrogens with zero attached hydrogens (tertiary/aromatic N) is 1. The minimum atomic E-state index is -3.84. The van der Waals surface area contributed by atoms with Gasteiger partial charge in [-0.3, -0.25) is 4.79 Å². The second-order valence-corrected chi connectivity index (χ2v) is 9.40. The van der Waals surface area contributed by atoms with Crippen molar-refractivity contribution in [2.24, 2.45) is 0 Å². The van der Waals surface area contributed by atoms with Gasteiger partial charge in [-0.15, -0.1) is 0 Å². The lowest BCUT2D eigenvalue weighted by atomic mass is 10.3. The second-order valence-electron chi connectivity index (χ2n) is 4.77. The van der Waals surface area contributed by atoms with Crippen molar-refractivity contribution in [1.82, 2.24) is 4.31 Å². The first-order valence-electron chi connectivity index (χ1n) is 6.21. The minimum absolute atomic E-state index is 0.0897. The zero-order chi connectivity index (χ0) is 16.5. The highest BCUT2D eigenvalue weighted by atomic mass is 35.5. The molecular weight excluding hydrogens is 354 g/mol. The summed E-state index contributed by atoms with van der Waals surface area (Å²) >= 11 is 5.71. The molecule has 1 fully saturated rings. The molecule has 0 atom stereocenters. The van der Waals surface area contributed by atoms with Crippen molar-refractivity contribution in [2.45, 2.75) is 10.1 Å². The van der Waals surface area contributed by atoms with Crippen LogP contribution in [0.1, 0.15) is 0 Å². The SMILES string of the molecule is COC(=O)CS(=O)(=O)N1CC(S(=O)(=O)c2ccc(Cl)cc2)C1. The third kappa shape index (κ3) is 3.43. The Kier molecular flexibility index (Phi) is 4.81. The van der Waals surface area contributed by atoms with Crippen molar-refractivity contribution in [3.63, 3.8) is 0 Å². The second kappa shape index (κ2) is 6.15. The molecule has 0 spiro atoms. The van der Waals surface area contributed by atoms with Gasteiger partial charge in [-0.1, -0.05) is 11.6 Å². The largest absolute Gasteiger partial charge is 0.468 e. The first kappa shape index (κ1) is 17.2. The first-order valence-corrected chi connectivity index (χ1v) is 9.74. The number of rotatable bonds is 5. The smallest absolute Gasteiger partial charge is 0.322 e. The molecule has 122 valence electrons. The number of sulfone groups is 1. The number of ether oxygens (including phenoxy) is 1. The summed E-state index contributed by atoms with van der Waals surface area (Å²) in [6, 6.07) is 5.67. The summed E-state index contributed by atoms with van der Waals surface area (Å²) in [7, 11) is -6.39. The van der Waals surface area contributed by atoms with E-state index in [1.807, 2.05) is 0 Å². The fraction of sp³-hybridized carbons (Fsp3) is 0.417. The zero-order valence-corrected chi connectivity index (χ0v) is 14.0. The van der Waals surface area contributed by atoms with Gasteiger partial charge in [-0.2, -0.15) is 4.31 Å². The molecule has 0 unspecified atom stereocenters. The molecule has 1 saturated heterocycles. The van der Waals surface area contributed by atoms with Crippen LogP contribution < -0.4 is 0 Å². The molecule has 7 nitrogen and oxygen atoms in total. The maximum absolute atomic E-state index is 12.3. The van der Waals surface area contributed by atoms with Crippen molar-refractivity contribution in [3.05, 3.63) is 29.3 Å². The predicted octanol–water partition coefficient (Wildman–Crippen LogP) is 0.301. The number of esters is 1. The molecule has 1 heterocycles. The van der Waals surface area contributed by atoms with Crippen molar-refractivity contribution in [1.29, 1.82) is 0 Å². The predicted molar refractivity (Wildman–Crippen MR) is 79.8 cm³/mol. The Hall–Kier alpha value is -1.16. The molecule has 0 radical (unpaired) electrons. The van der Waals surface area contributed by atoms with Gasteiger partial charge in [0, 0.05) is 18.1 Å². The zero-order valence-electron chi connectivity index (χ0n) is 11.6. The van der Waals surface area contributed by atoms with Gasteiger partial charge >= 0.3 is 5.97 Å². The van der Waals surface area contributed by atoms with Gasteiger partial charge in [0.2, 0.25) is 10.0 Å². The Labute approximate surface area is 133 Å². The number of carbonyl (C=O) groups is 1. The molecule has 1 aliphatic heterocycles. The van der Waals surface area contributed by atoms with Crippen molar-refractivity contribution >= 4 is 37.4 Å². The van der Waals surface area contributed by atoms with E-state index in [2.05, 4.69) is 4.74 Å². The summed E-state index contributed by atoms with van der Waals surface area (Å²) in [5.74, 6) is -1.68. The summed E-state index contributed by atoms with van der Waals surface area (Å²) in [6.45, 7) is -0.353. The molecule has 2 rings (SSSR count). The van der Waals surface area contributed by atoms with Gasteiger partial charge < -0.3 is 4.74 Å². The molecule has 0 aromatic heterocycles. The maximum Gasteiger partial charge on any atom is 0.322 e. The molecular formula is C12H14ClNO6S2. The first-order chi connectivity index (χ1) is 10.2. The third-order valence-corrected chi connectivity index (χ3v) is 7.36. The average molecular weight is 368 g/mol. The molecule has 22 heavy (non-hydrogen) atoms. The number of benzene rings is 1. The van der Waals surface area contributed by atoms with E-state index in [0.717, 1.165) is 11.4 Å². The molecule has 0 aliphatic carbocycles. The molecule has 1 aromatic carbocycles. The lowest BCUT2D eigenvalue weighted by Crippen LogP contribution is -2.57. The monoisotopic (exact) mass is 367 g/mol. The highest BCUT2D eigenvalue weighted by Crippen LogP contribution is 2.26. The average Bonchev–Trinajstić information content (AvgIpc) is 2.35. The van der Waals surface area contributed by atoms with Crippen LogP contribution in [0.25, 0.3) is 0 Å². The molecule has 10 heteroatoms. The normalized spacial score (nSPS) is 17.0. The number of sulfonamides is 1. The van der Waals surface area contributed by atoms with Gasteiger partial charge in [-0.05, 0) is 24.3 Å². The maximum atomic E-state index is 12.3. The molecule has 0 N–H and O–H groups in total. The van der Waals surface area contributed by atoms with Crippen LogP contribution in [-0.2, 0) is 29.4 Å². The Morgan fingerprint density at radius 1 is 1.23 bits per heavy atom. The highest BCUT2D eigenvalue weighted by molar-refractivity contribution is 7.93. The van der Waals surface area contributed by atoms with Gasteiger partial charge in [0.25, 0.3) is 0 Å². The molecule has 0 bridgehead atoms. The summed E-state index contributed by atoms with van der Waals surface area (Å²) in [6.07, 6.45) is 0.